The predicted molar refractivity (Wildman–Crippen MR) is 52.2 cm³/mol. The lowest BCUT2D eigenvalue weighted by Crippen LogP contribution is -2.13. The van der Waals surface area contributed by atoms with Crippen molar-refractivity contribution in [2.75, 3.05) is 12.3 Å². The molecule has 1 rings (SSSR count). The number of carbonyl (C=O) groups excluding carboxylic acids is 1. The molecule has 1 aromatic carbocycles. The minimum Gasteiger partial charge on any atom is -0.456 e. The van der Waals surface area contributed by atoms with Gasteiger partial charge in [0.05, 0.1) is 5.56 Å². The normalized spacial score (nSPS) is 10.4. The molecule has 3 nitrogen and oxygen atoms in total. The van der Waals surface area contributed by atoms with Gasteiger partial charge in [0.25, 0.3) is 6.43 Å². The van der Waals surface area contributed by atoms with E-state index in [4.69, 9.17) is 17.3 Å². The third-order valence-corrected chi connectivity index (χ3v) is 1.81. The van der Waals surface area contributed by atoms with E-state index in [1.54, 1.807) is 0 Å². The van der Waals surface area contributed by atoms with Gasteiger partial charge < -0.3 is 10.5 Å². The molecule has 0 bridgehead atoms. The SMILES string of the molecule is Nc1cc(Cl)ccc1C(=O)OCC(F)F. The summed E-state index contributed by atoms with van der Waals surface area (Å²) in [6.07, 6.45) is -2.69. The number of benzene rings is 1. The van der Waals surface area contributed by atoms with E-state index in [0.29, 0.717) is 5.02 Å². The molecule has 0 spiro atoms. The van der Waals surface area contributed by atoms with Crippen molar-refractivity contribution in [1.29, 1.82) is 0 Å². The highest BCUT2D eigenvalue weighted by Gasteiger charge is 2.13. The van der Waals surface area contributed by atoms with Crippen LogP contribution < -0.4 is 5.73 Å². The summed E-state index contributed by atoms with van der Waals surface area (Å²) in [4.78, 5) is 11.2. The number of nitrogens with two attached hydrogens (primary N) is 1. The summed E-state index contributed by atoms with van der Waals surface area (Å²) in [7, 11) is 0. The smallest absolute Gasteiger partial charge is 0.340 e. The van der Waals surface area contributed by atoms with E-state index in [1.807, 2.05) is 0 Å². The number of rotatable bonds is 3. The summed E-state index contributed by atoms with van der Waals surface area (Å²) < 4.78 is 27.8. The molecule has 0 aromatic heterocycles. The van der Waals surface area contributed by atoms with Crippen LogP contribution in [0.4, 0.5) is 14.5 Å². The van der Waals surface area contributed by atoms with Gasteiger partial charge in [0.1, 0.15) is 0 Å². The van der Waals surface area contributed by atoms with Gasteiger partial charge in [-0.2, -0.15) is 0 Å². The molecule has 0 aliphatic rings. The Bertz CT molecular complexity index is 371. The Morgan fingerprint density at radius 3 is 2.73 bits per heavy atom. The van der Waals surface area contributed by atoms with Crippen molar-refractivity contribution in [3.63, 3.8) is 0 Å². The molecule has 0 unspecified atom stereocenters. The van der Waals surface area contributed by atoms with Crippen LogP contribution in [0.5, 0.6) is 0 Å². The fourth-order valence-electron chi connectivity index (χ4n) is 0.936. The first-order valence-electron chi connectivity index (χ1n) is 4.01. The number of nitrogen functional groups attached to an aromatic ring is 1. The molecular formula is C9H8ClF2NO2. The van der Waals surface area contributed by atoms with Crippen LogP contribution in [0.25, 0.3) is 0 Å². The zero-order valence-corrected chi connectivity index (χ0v) is 8.30. The number of hydrogen-bond acceptors (Lipinski definition) is 3. The first-order valence-corrected chi connectivity index (χ1v) is 4.39. The molecule has 0 aliphatic heterocycles. The van der Waals surface area contributed by atoms with E-state index < -0.39 is 19.0 Å². The number of ether oxygens (including phenoxy) is 1. The second kappa shape index (κ2) is 4.93. The topological polar surface area (TPSA) is 52.3 Å². The monoisotopic (exact) mass is 235 g/mol. The van der Waals surface area contributed by atoms with Gasteiger partial charge in [-0.3, -0.25) is 0 Å². The molecule has 0 saturated heterocycles. The van der Waals surface area contributed by atoms with Crippen LogP contribution in [-0.2, 0) is 4.74 Å². The third-order valence-electron chi connectivity index (χ3n) is 1.57. The maximum Gasteiger partial charge on any atom is 0.340 e. The molecule has 0 saturated carbocycles. The number of halogens is 3. The quantitative estimate of drug-likeness (QED) is 0.646. The average molecular weight is 236 g/mol. The second-order valence-electron chi connectivity index (χ2n) is 2.72. The summed E-state index contributed by atoms with van der Waals surface area (Å²) in [5, 5.41) is 0.359. The molecule has 6 heteroatoms. The van der Waals surface area contributed by atoms with Gasteiger partial charge in [-0.25, -0.2) is 13.6 Å². The Balaban J connectivity index is 2.74. The van der Waals surface area contributed by atoms with E-state index >= 15 is 0 Å². The maximum absolute atomic E-state index is 11.7. The lowest BCUT2D eigenvalue weighted by molar-refractivity contribution is 0.0161. The molecule has 1 aromatic rings. The highest BCUT2D eigenvalue weighted by atomic mass is 35.5. The standard InChI is InChI=1S/C9H8ClF2NO2/c10-5-1-2-6(7(13)3-5)9(14)15-4-8(11)12/h1-3,8H,4,13H2. The Labute approximate surface area is 89.8 Å². The van der Waals surface area contributed by atoms with Crippen LogP contribution in [0.1, 0.15) is 10.4 Å². The second-order valence-corrected chi connectivity index (χ2v) is 3.16. The van der Waals surface area contributed by atoms with Crippen LogP contribution in [0.2, 0.25) is 5.02 Å². The number of carbonyl (C=O) groups is 1. The van der Waals surface area contributed by atoms with Crippen molar-refractivity contribution < 1.29 is 18.3 Å². The molecule has 0 radical (unpaired) electrons. The fourth-order valence-corrected chi connectivity index (χ4v) is 1.12. The van der Waals surface area contributed by atoms with E-state index in [-0.39, 0.29) is 11.3 Å². The summed E-state index contributed by atoms with van der Waals surface area (Å²) >= 11 is 5.60. The van der Waals surface area contributed by atoms with Crippen molar-refractivity contribution in [3.05, 3.63) is 28.8 Å². The first kappa shape index (κ1) is 11.7. The van der Waals surface area contributed by atoms with Gasteiger partial charge >= 0.3 is 5.97 Å². The first-order chi connectivity index (χ1) is 7.00. The molecular weight excluding hydrogens is 228 g/mol. The molecule has 15 heavy (non-hydrogen) atoms. The minimum absolute atomic E-state index is 0.0278. The fraction of sp³-hybridized carbons (Fsp3) is 0.222. The van der Waals surface area contributed by atoms with Crippen LogP contribution in [0, 0.1) is 0 Å². The third kappa shape index (κ3) is 3.36. The zero-order chi connectivity index (χ0) is 11.4. The molecule has 0 atom stereocenters. The van der Waals surface area contributed by atoms with Gasteiger partial charge in [0.15, 0.2) is 6.61 Å². The number of esters is 1. The van der Waals surface area contributed by atoms with E-state index in [1.165, 1.54) is 18.2 Å². The van der Waals surface area contributed by atoms with Crippen molar-refractivity contribution in [3.8, 4) is 0 Å². The summed E-state index contributed by atoms with van der Waals surface area (Å²) in [5.41, 5.74) is 5.58. The van der Waals surface area contributed by atoms with Gasteiger partial charge in [0, 0.05) is 10.7 Å². The number of alkyl halides is 2. The van der Waals surface area contributed by atoms with Gasteiger partial charge in [-0.1, -0.05) is 11.6 Å². The van der Waals surface area contributed by atoms with Crippen molar-refractivity contribution in [2.45, 2.75) is 6.43 Å². The Morgan fingerprint density at radius 1 is 1.53 bits per heavy atom. The van der Waals surface area contributed by atoms with Gasteiger partial charge in [-0.15, -0.1) is 0 Å². The van der Waals surface area contributed by atoms with E-state index in [2.05, 4.69) is 4.74 Å². The van der Waals surface area contributed by atoms with Crippen molar-refractivity contribution in [2.24, 2.45) is 0 Å². The van der Waals surface area contributed by atoms with Crippen LogP contribution >= 0.6 is 11.6 Å². The van der Waals surface area contributed by atoms with Crippen LogP contribution in [0.3, 0.4) is 0 Å². The van der Waals surface area contributed by atoms with Crippen LogP contribution in [0.15, 0.2) is 18.2 Å². The van der Waals surface area contributed by atoms with Crippen molar-refractivity contribution in [1.82, 2.24) is 0 Å². The molecule has 0 amide bonds. The van der Waals surface area contributed by atoms with E-state index in [0.717, 1.165) is 0 Å². The molecule has 0 fully saturated rings. The average Bonchev–Trinajstić information content (AvgIpc) is 2.14. The summed E-state index contributed by atoms with van der Waals surface area (Å²) in [5.74, 6) is -0.885. The van der Waals surface area contributed by atoms with Gasteiger partial charge in [0.2, 0.25) is 0 Å². The zero-order valence-electron chi connectivity index (χ0n) is 7.54. The number of anilines is 1. The molecule has 0 aliphatic carbocycles. The summed E-state index contributed by atoms with van der Waals surface area (Å²) in [6, 6.07) is 4.10. The molecule has 0 heterocycles. The van der Waals surface area contributed by atoms with Crippen LogP contribution in [-0.4, -0.2) is 19.0 Å². The summed E-state index contributed by atoms with van der Waals surface area (Å²) in [6.45, 7) is -0.944. The highest BCUT2D eigenvalue weighted by Crippen LogP contribution is 2.18. The highest BCUT2D eigenvalue weighted by molar-refractivity contribution is 6.31. The van der Waals surface area contributed by atoms with E-state index in [9.17, 15) is 13.6 Å². The largest absolute Gasteiger partial charge is 0.456 e. The Hall–Kier alpha value is -1.36. The lowest BCUT2D eigenvalue weighted by atomic mass is 10.2. The molecule has 2 N–H and O–H groups in total. The van der Waals surface area contributed by atoms with Gasteiger partial charge in [-0.05, 0) is 18.2 Å². The Morgan fingerprint density at radius 2 is 2.20 bits per heavy atom. The minimum atomic E-state index is -2.69. The van der Waals surface area contributed by atoms with Crippen molar-refractivity contribution >= 4 is 23.3 Å². The molecule has 82 valence electrons. The maximum atomic E-state index is 11.7. The Kier molecular flexibility index (Phi) is 3.85. The predicted octanol–water partition coefficient (Wildman–Crippen LogP) is 2.34. The number of hydrogen-bond donors (Lipinski definition) is 1. The lowest BCUT2D eigenvalue weighted by Gasteiger charge is -2.06.